The van der Waals surface area contributed by atoms with Crippen LogP contribution in [0.3, 0.4) is 0 Å². The summed E-state index contributed by atoms with van der Waals surface area (Å²) in [6, 6.07) is 4.14. The molecule has 2 fully saturated rings. The topological polar surface area (TPSA) is 93.5 Å². The summed E-state index contributed by atoms with van der Waals surface area (Å²) in [4.78, 5) is 22.7. The van der Waals surface area contributed by atoms with Gasteiger partial charge in [0.1, 0.15) is 0 Å². The van der Waals surface area contributed by atoms with Gasteiger partial charge in [-0.25, -0.2) is 4.79 Å². The van der Waals surface area contributed by atoms with Gasteiger partial charge in [0.05, 0.1) is 16.7 Å². The number of nitro groups is 1. The maximum absolute atomic E-state index is 12.3. The first-order valence-corrected chi connectivity index (χ1v) is 7.75. The highest BCUT2D eigenvalue weighted by molar-refractivity contribution is 5.90. The van der Waals surface area contributed by atoms with Gasteiger partial charge in [-0.15, -0.1) is 0 Å². The van der Waals surface area contributed by atoms with Crippen molar-refractivity contribution < 1.29 is 14.5 Å². The number of carbonyl (C=O) groups is 1. The van der Waals surface area contributed by atoms with Crippen LogP contribution < -0.4 is 10.6 Å². The second-order valence-corrected chi connectivity index (χ2v) is 6.90. The molecule has 7 nitrogen and oxygen atoms in total. The van der Waals surface area contributed by atoms with E-state index in [4.69, 9.17) is 4.74 Å². The largest absolute Gasteiger partial charge is 0.377 e. The van der Waals surface area contributed by atoms with Crippen molar-refractivity contribution in [2.45, 2.75) is 39.3 Å². The molecular formula is C16H21N3O4. The number of amides is 2. The van der Waals surface area contributed by atoms with Gasteiger partial charge in [0.2, 0.25) is 0 Å². The second-order valence-electron chi connectivity index (χ2n) is 6.90. The normalized spacial score (nSPS) is 27.7. The molecule has 0 spiro atoms. The van der Waals surface area contributed by atoms with Crippen LogP contribution in [-0.4, -0.2) is 29.7 Å². The number of rotatable bonds is 3. The average Bonchev–Trinajstić information content (AvgIpc) is 2.94. The molecule has 23 heavy (non-hydrogen) atoms. The van der Waals surface area contributed by atoms with Gasteiger partial charge >= 0.3 is 6.03 Å². The molecule has 2 N–H and O–H groups in total. The molecule has 1 aromatic rings. The predicted octanol–water partition coefficient (Wildman–Crippen LogP) is 2.84. The molecular weight excluding hydrogens is 298 g/mol. The molecule has 1 aliphatic carbocycles. The Kier molecular flexibility index (Phi) is 3.75. The zero-order chi connectivity index (χ0) is 16.8. The number of urea groups is 1. The van der Waals surface area contributed by atoms with Gasteiger partial charge in [-0.2, -0.15) is 0 Å². The lowest BCUT2D eigenvalue weighted by molar-refractivity contribution is -0.384. The van der Waals surface area contributed by atoms with Gasteiger partial charge in [0, 0.05) is 36.1 Å². The van der Waals surface area contributed by atoms with Gasteiger partial charge in [-0.3, -0.25) is 10.1 Å². The van der Waals surface area contributed by atoms with E-state index in [1.807, 2.05) is 0 Å². The molecule has 2 amide bonds. The van der Waals surface area contributed by atoms with Crippen LogP contribution in [0.5, 0.6) is 0 Å². The first-order chi connectivity index (χ1) is 10.8. The van der Waals surface area contributed by atoms with Gasteiger partial charge in [-0.1, -0.05) is 19.9 Å². The summed E-state index contributed by atoms with van der Waals surface area (Å²) >= 11 is 0. The third-order valence-electron chi connectivity index (χ3n) is 5.07. The molecule has 1 saturated heterocycles. The van der Waals surface area contributed by atoms with Crippen LogP contribution >= 0.6 is 0 Å². The Morgan fingerprint density at radius 3 is 2.87 bits per heavy atom. The lowest BCUT2D eigenvalue weighted by Gasteiger charge is -2.54. The van der Waals surface area contributed by atoms with Crippen LogP contribution in [-0.2, 0) is 4.74 Å². The molecule has 1 saturated carbocycles. The van der Waals surface area contributed by atoms with Crippen molar-refractivity contribution in [3.05, 3.63) is 33.9 Å². The van der Waals surface area contributed by atoms with E-state index in [1.54, 1.807) is 13.0 Å². The molecule has 1 aliphatic heterocycles. The molecule has 0 radical (unpaired) electrons. The van der Waals surface area contributed by atoms with E-state index in [2.05, 4.69) is 24.5 Å². The van der Waals surface area contributed by atoms with Crippen LogP contribution in [0.15, 0.2) is 18.2 Å². The molecule has 1 heterocycles. The number of benzene rings is 1. The summed E-state index contributed by atoms with van der Waals surface area (Å²) in [6.07, 6.45) is 1.15. The SMILES string of the molecule is Cc1ccc([N+](=O)[O-])cc1NC(=O)N[C@@H]1[C@H]2CCO[C@H]2C1(C)C. The zero-order valence-corrected chi connectivity index (χ0v) is 13.5. The monoisotopic (exact) mass is 319 g/mol. The smallest absolute Gasteiger partial charge is 0.319 e. The van der Waals surface area contributed by atoms with Crippen LogP contribution in [0.4, 0.5) is 16.2 Å². The van der Waals surface area contributed by atoms with E-state index in [0.29, 0.717) is 11.6 Å². The number of hydrogen-bond donors (Lipinski definition) is 2. The standard InChI is InChI=1S/C16H21N3O4/c1-9-4-5-10(19(21)22)8-12(9)17-15(20)18-13-11-6-7-23-14(11)16(13,2)3/h4-5,8,11,13-14H,6-7H2,1-3H3,(H2,17,18,20)/t11-,13-,14-/m1/s1. The number of nitrogens with zero attached hydrogens (tertiary/aromatic N) is 1. The Bertz CT molecular complexity index is 659. The van der Waals surface area contributed by atoms with Crippen LogP contribution in [0.25, 0.3) is 0 Å². The number of ether oxygens (including phenoxy) is 1. The fraction of sp³-hybridized carbons (Fsp3) is 0.562. The van der Waals surface area contributed by atoms with E-state index in [0.717, 1.165) is 18.6 Å². The summed E-state index contributed by atoms with van der Waals surface area (Å²) in [5.74, 6) is 0.349. The van der Waals surface area contributed by atoms with E-state index in [9.17, 15) is 14.9 Å². The van der Waals surface area contributed by atoms with Crippen molar-refractivity contribution in [2.75, 3.05) is 11.9 Å². The number of nitrogens with one attached hydrogen (secondary N) is 2. The first-order valence-electron chi connectivity index (χ1n) is 7.75. The van der Waals surface area contributed by atoms with Gasteiger partial charge < -0.3 is 15.4 Å². The van der Waals surface area contributed by atoms with Crippen molar-refractivity contribution in [1.82, 2.24) is 5.32 Å². The molecule has 0 aromatic heterocycles. The summed E-state index contributed by atoms with van der Waals surface area (Å²) in [5, 5.41) is 16.6. The Morgan fingerprint density at radius 2 is 2.17 bits per heavy atom. The van der Waals surface area contributed by atoms with Crippen molar-refractivity contribution in [3.63, 3.8) is 0 Å². The van der Waals surface area contributed by atoms with E-state index in [-0.39, 0.29) is 29.3 Å². The predicted molar refractivity (Wildman–Crippen MR) is 85.4 cm³/mol. The highest BCUT2D eigenvalue weighted by atomic mass is 16.6. The average molecular weight is 319 g/mol. The molecule has 1 aromatic carbocycles. The Morgan fingerprint density at radius 1 is 1.43 bits per heavy atom. The quantitative estimate of drug-likeness (QED) is 0.661. The highest BCUT2D eigenvalue weighted by Gasteiger charge is 2.59. The lowest BCUT2D eigenvalue weighted by Crippen LogP contribution is -2.67. The maximum Gasteiger partial charge on any atom is 0.319 e. The fourth-order valence-electron chi connectivity index (χ4n) is 3.78. The minimum Gasteiger partial charge on any atom is -0.377 e. The number of non-ortho nitro benzene ring substituents is 1. The Hall–Kier alpha value is -2.15. The summed E-state index contributed by atoms with van der Waals surface area (Å²) < 4.78 is 5.71. The lowest BCUT2D eigenvalue weighted by atomic mass is 9.57. The number of fused-ring (bicyclic) bond motifs is 1. The molecule has 124 valence electrons. The number of nitro benzene ring substituents is 1. The van der Waals surface area contributed by atoms with Crippen LogP contribution in [0.2, 0.25) is 0 Å². The van der Waals surface area contributed by atoms with Gasteiger partial charge in [0.15, 0.2) is 0 Å². The minimum atomic E-state index is -0.474. The molecule has 0 unspecified atom stereocenters. The van der Waals surface area contributed by atoms with E-state index < -0.39 is 4.92 Å². The van der Waals surface area contributed by atoms with Crippen molar-refractivity contribution in [3.8, 4) is 0 Å². The zero-order valence-electron chi connectivity index (χ0n) is 13.5. The van der Waals surface area contributed by atoms with Crippen LogP contribution in [0, 0.1) is 28.4 Å². The summed E-state index contributed by atoms with van der Waals surface area (Å²) in [5.41, 5.74) is 1.09. The molecule has 0 bridgehead atoms. The minimum absolute atomic E-state index is 0.0425. The summed E-state index contributed by atoms with van der Waals surface area (Å²) in [6.45, 7) is 6.71. The van der Waals surface area contributed by atoms with E-state index >= 15 is 0 Å². The van der Waals surface area contributed by atoms with Gasteiger partial charge in [-0.05, 0) is 18.9 Å². The Balaban J connectivity index is 1.68. The van der Waals surface area contributed by atoms with Crippen molar-refractivity contribution >= 4 is 17.4 Å². The molecule has 3 rings (SSSR count). The number of carbonyl (C=O) groups excluding carboxylic acids is 1. The summed E-state index contributed by atoms with van der Waals surface area (Å²) in [7, 11) is 0. The molecule has 7 heteroatoms. The Labute approximate surface area is 134 Å². The van der Waals surface area contributed by atoms with Crippen LogP contribution in [0.1, 0.15) is 25.8 Å². The van der Waals surface area contributed by atoms with E-state index in [1.165, 1.54) is 12.1 Å². The number of aryl methyl sites for hydroxylation is 1. The molecule has 2 aliphatic rings. The van der Waals surface area contributed by atoms with Gasteiger partial charge in [0.25, 0.3) is 5.69 Å². The first kappa shape index (κ1) is 15.7. The third kappa shape index (κ3) is 2.65. The second kappa shape index (κ2) is 5.49. The maximum atomic E-state index is 12.3. The highest BCUT2D eigenvalue weighted by Crippen LogP contribution is 2.52. The fourth-order valence-corrected chi connectivity index (χ4v) is 3.78. The van der Waals surface area contributed by atoms with Crippen molar-refractivity contribution in [2.24, 2.45) is 11.3 Å². The van der Waals surface area contributed by atoms with Crippen molar-refractivity contribution in [1.29, 1.82) is 0 Å². The number of anilines is 1. The number of hydrogen-bond acceptors (Lipinski definition) is 4. The molecule has 3 atom stereocenters. The third-order valence-corrected chi connectivity index (χ3v) is 5.07.